The summed E-state index contributed by atoms with van der Waals surface area (Å²) >= 11 is 0. The van der Waals surface area contributed by atoms with Crippen LogP contribution in [-0.2, 0) is 11.3 Å². The SMILES string of the molecule is COC(=O)c1ccncc1NC[C@H]1NCc2cc(N(C)c3ccc(C)cc3)ccc21. The number of nitrogens with one attached hydrogen (secondary N) is 2. The number of fused-ring (bicyclic) bond motifs is 1. The molecule has 1 aromatic heterocycles. The molecular formula is C24H26N4O2. The highest BCUT2D eigenvalue weighted by molar-refractivity contribution is 5.95. The molecule has 0 saturated carbocycles. The predicted octanol–water partition coefficient (Wildman–Crippen LogP) is 4.20. The fraction of sp³-hybridized carbons (Fsp3) is 0.250. The summed E-state index contributed by atoms with van der Waals surface area (Å²) in [5.41, 5.74) is 7.30. The third kappa shape index (κ3) is 4.00. The first-order chi connectivity index (χ1) is 14.6. The van der Waals surface area contributed by atoms with Gasteiger partial charge in [0.2, 0.25) is 0 Å². The third-order valence-corrected chi connectivity index (χ3v) is 5.57. The number of benzene rings is 2. The first-order valence-electron chi connectivity index (χ1n) is 9.99. The van der Waals surface area contributed by atoms with E-state index in [1.807, 2.05) is 0 Å². The first kappa shape index (κ1) is 19.9. The number of pyridine rings is 1. The Hall–Kier alpha value is -3.38. The van der Waals surface area contributed by atoms with Crippen LogP contribution in [0.4, 0.5) is 17.1 Å². The van der Waals surface area contributed by atoms with Crippen molar-refractivity contribution >= 4 is 23.0 Å². The zero-order chi connectivity index (χ0) is 21.1. The predicted molar refractivity (Wildman–Crippen MR) is 119 cm³/mol. The summed E-state index contributed by atoms with van der Waals surface area (Å²) in [6.45, 7) is 3.56. The number of methoxy groups -OCH3 is 1. The molecule has 6 nitrogen and oxygen atoms in total. The van der Waals surface area contributed by atoms with E-state index in [2.05, 4.69) is 77.0 Å². The first-order valence-corrected chi connectivity index (χ1v) is 9.99. The Morgan fingerprint density at radius 1 is 1.20 bits per heavy atom. The second-order valence-corrected chi connectivity index (χ2v) is 7.50. The van der Waals surface area contributed by atoms with E-state index in [9.17, 15) is 4.79 Å². The average Bonchev–Trinajstić information content (AvgIpc) is 3.19. The van der Waals surface area contributed by atoms with Gasteiger partial charge in [-0.25, -0.2) is 4.79 Å². The molecule has 30 heavy (non-hydrogen) atoms. The highest BCUT2D eigenvalue weighted by Crippen LogP contribution is 2.32. The van der Waals surface area contributed by atoms with Crippen molar-refractivity contribution in [3.05, 3.63) is 83.2 Å². The molecule has 0 bridgehead atoms. The lowest BCUT2D eigenvalue weighted by atomic mass is 10.0. The van der Waals surface area contributed by atoms with E-state index in [-0.39, 0.29) is 12.0 Å². The summed E-state index contributed by atoms with van der Waals surface area (Å²) in [5, 5.41) is 6.89. The van der Waals surface area contributed by atoms with Gasteiger partial charge in [-0.05, 0) is 48.4 Å². The lowest BCUT2D eigenvalue weighted by Gasteiger charge is -2.21. The average molecular weight is 402 g/mol. The van der Waals surface area contributed by atoms with Gasteiger partial charge in [-0.3, -0.25) is 4.98 Å². The van der Waals surface area contributed by atoms with Gasteiger partial charge in [-0.2, -0.15) is 0 Å². The van der Waals surface area contributed by atoms with E-state index in [1.54, 1.807) is 18.5 Å². The Bertz CT molecular complexity index is 1050. The minimum absolute atomic E-state index is 0.157. The second-order valence-electron chi connectivity index (χ2n) is 7.50. The third-order valence-electron chi connectivity index (χ3n) is 5.57. The number of ether oxygens (including phenoxy) is 1. The van der Waals surface area contributed by atoms with E-state index in [0.717, 1.165) is 17.9 Å². The van der Waals surface area contributed by atoms with Crippen molar-refractivity contribution in [3.8, 4) is 0 Å². The Balaban J connectivity index is 1.48. The number of esters is 1. The molecule has 0 fully saturated rings. The Kier molecular flexibility index (Phi) is 5.68. The largest absolute Gasteiger partial charge is 0.465 e. The molecule has 0 saturated heterocycles. The maximum Gasteiger partial charge on any atom is 0.340 e. The van der Waals surface area contributed by atoms with Gasteiger partial charge in [0.25, 0.3) is 0 Å². The maximum absolute atomic E-state index is 12.0. The Labute approximate surface area is 176 Å². The summed E-state index contributed by atoms with van der Waals surface area (Å²) in [6.07, 6.45) is 3.24. The van der Waals surface area contributed by atoms with E-state index < -0.39 is 0 Å². The molecule has 0 unspecified atom stereocenters. The van der Waals surface area contributed by atoms with Crippen LogP contribution in [0.2, 0.25) is 0 Å². The van der Waals surface area contributed by atoms with Crippen molar-refractivity contribution in [3.63, 3.8) is 0 Å². The summed E-state index contributed by atoms with van der Waals surface area (Å²) in [5.74, 6) is -0.372. The van der Waals surface area contributed by atoms with Crippen molar-refractivity contribution in [1.82, 2.24) is 10.3 Å². The number of rotatable bonds is 6. The monoisotopic (exact) mass is 402 g/mol. The molecule has 2 N–H and O–H groups in total. The van der Waals surface area contributed by atoms with Gasteiger partial charge in [0.05, 0.1) is 30.6 Å². The molecule has 6 heteroatoms. The highest BCUT2D eigenvalue weighted by atomic mass is 16.5. The minimum atomic E-state index is -0.372. The number of hydrogen-bond acceptors (Lipinski definition) is 6. The molecule has 0 amide bonds. The summed E-state index contributed by atoms with van der Waals surface area (Å²) in [7, 11) is 3.47. The van der Waals surface area contributed by atoms with Crippen molar-refractivity contribution in [2.45, 2.75) is 19.5 Å². The highest BCUT2D eigenvalue weighted by Gasteiger charge is 2.23. The topological polar surface area (TPSA) is 66.5 Å². The van der Waals surface area contributed by atoms with Gasteiger partial charge in [-0.15, -0.1) is 0 Å². The van der Waals surface area contributed by atoms with Gasteiger partial charge < -0.3 is 20.3 Å². The fourth-order valence-corrected chi connectivity index (χ4v) is 3.77. The van der Waals surface area contributed by atoms with Gasteiger partial charge in [0.15, 0.2) is 0 Å². The van der Waals surface area contributed by atoms with Crippen molar-refractivity contribution in [2.75, 3.05) is 30.9 Å². The van der Waals surface area contributed by atoms with Crippen LogP contribution in [0.5, 0.6) is 0 Å². The molecule has 1 aliphatic heterocycles. The van der Waals surface area contributed by atoms with Crippen LogP contribution >= 0.6 is 0 Å². The smallest absolute Gasteiger partial charge is 0.340 e. The summed E-state index contributed by atoms with van der Waals surface area (Å²) in [4.78, 5) is 18.3. The number of anilines is 3. The molecule has 1 aliphatic rings. The van der Waals surface area contributed by atoms with Crippen LogP contribution in [0, 0.1) is 6.92 Å². The molecule has 2 aromatic carbocycles. The molecule has 0 spiro atoms. The van der Waals surface area contributed by atoms with Crippen molar-refractivity contribution in [1.29, 1.82) is 0 Å². The number of carbonyl (C=O) groups is 1. The van der Waals surface area contributed by atoms with E-state index >= 15 is 0 Å². The summed E-state index contributed by atoms with van der Waals surface area (Å²) in [6, 6.07) is 16.9. The summed E-state index contributed by atoms with van der Waals surface area (Å²) < 4.78 is 4.86. The standard InChI is InChI=1S/C24H26N4O2/c1-16-4-6-18(7-5-16)28(2)19-8-9-20-17(12-19)13-26-23(20)15-27-22-14-25-11-10-21(22)24(29)30-3/h4-12,14,23,26-27H,13,15H2,1-3H3/t23-/m1/s1. The normalized spacial score (nSPS) is 14.8. The lowest BCUT2D eigenvalue weighted by molar-refractivity contribution is 0.0601. The number of aryl methyl sites for hydroxylation is 1. The van der Waals surface area contributed by atoms with E-state index in [1.165, 1.54) is 23.8 Å². The number of nitrogens with zero attached hydrogens (tertiary/aromatic N) is 2. The minimum Gasteiger partial charge on any atom is -0.465 e. The molecular weight excluding hydrogens is 376 g/mol. The van der Waals surface area contributed by atoms with Crippen molar-refractivity contribution in [2.24, 2.45) is 0 Å². The second kappa shape index (κ2) is 8.55. The quantitative estimate of drug-likeness (QED) is 0.603. The number of carbonyl (C=O) groups excluding carboxylic acids is 1. The zero-order valence-corrected chi connectivity index (χ0v) is 17.5. The van der Waals surface area contributed by atoms with Gasteiger partial charge in [0, 0.05) is 37.7 Å². The van der Waals surface area contributed by atoms with Crippen LogP contribution in [0.25, 0.3) is 0 Å². The van der Waals surface area contributed by atoms with E-state index in [4.69, 9.17) is 4.74 Å². The molecule has 1 atom stereocenters. The number of aromatic nitrogens is 1. The van der Waals surface area contributed by atoms with Crippen LogP contribution in [0.1, 0.15) is 33.1 Å². The molecule has 2 heterocycles. The molecule has 0 aliphatic carbocycles. The zero-order valence-electron chi connectivity index (χ0n) is 17.5. The van der Waals surface area contributed by atoms with Gasteiger partial charge in [0.1, 0.15) is 0 Å². The van der Waals surface area contributed by atoms with Crippen molar-refractivity contribution < 1.29 is 9.53 Å². The van der Waals surface area contributed by atoms with Crippen LogP contribution < -0.4 is 15.5 Å². The van der Waals surface area contributed by atoms with Crippen LogP contribution in [0.3, 0.4) is 0 Å². The molecule has 0 radical (unpaired) electrons. The molecule has 3 aromatic rings. The van der Waals surface area contributed by atoms with Crippen LogP contribution in [-0.4, -0.2) is 31.7 Å². The van der Waals surface area contributed by atoms with E-state index in [0.29, 0.717) is 17.8 Å². The lowest BCUT2D eigenvalue weighted by Crippen LogP contribution is -2.22. The van der Waals surface area contributed by atoms with Crippen LogP contribution in [0.15, 0.2) is 60.9 Å². The Morgan fingerprint density at radius 2 is 1.97 bits per heavy atom. The Morgan fingerprint density at radius 3 is 2.73 bits per heavy atom. The number of hydrogen-bond donors (Lipinski definition) is 2. The molecule has 154 valence electrons. The fourth-order valence-electron chi connectivity index (χ4n) is 3.77. The van der Waals surface area contributed by atoms with Gasteiger partial charge in [-0.1, -0.05) is 23.8 Å². The molecule has 4 rings (SSSR count). The van der Waals surface area contributed by atoms with Gasteiger partial charge >= 0.3 is 5.97 Å². The maximum atomic E-state index is 12.0.